The molecule has 0 aliphatic rings. The van der Waals surface area contributed by atoms with E-state index >= 15 is 0 Å². The van der Waals surface area contributed by atoms with Crippen molar-refractivity contribution in [2.45, 2.75) is 0 Å². The summed E-state index contributed by atoms with van der Waals surface area (Å²) >= 11 is 3.31. The molecule has 0 aliphatic carbocycles. The van der Waals surface area contributed by atoms with Gasteiger partial charge in [-0.2, -0.15) is 5.26 Å². The molecule has 19 heavy (non-hydrogen) atoms. The standard InChI is InChI=1S/C14H11BrN2O2/c1-18-13-5-3-11(17)7-14(13)19-12-4-2-10(15)6-9(12)8-16/h2-7H,17H2,1H3. The molecule has 0 aromatic heterocycles. The first-order chi connectivity index (χ1) is 9.13. The Hall–Kier alpha value is -2.19. The molecule has 2 aromatic rings. The van der Waals surface area contributed by atoms with Crippen LogP contribution in [0, 0.1) is 11.3 Å². The Bertz CT molecular complexity index is 650. The van der Waals surface area contributed by atoms with Crippen molar-refractivity contribution >= 4 is 21.6 Å². The highest BCUT2D eigenvalue weighted by Crippen LogP contribution is 2.35. The number of nitrogens with two attached hydrogens (primary N) is 1. The number of anilines is 1. The molecule has 2 rings (SSSR count). The van der Waals surface area contributed by atoms with E-state index in [4.69, 9.17) is 20.5 Å². The predicted molar refractivity (Wildman–Crippen MR) is 76.3 cm³/mol. The van der Waals surface area contributed by atoms with Gasteiger partial charge in [-0.25, -0.2) is 0 Å². The van der Waals surface area contributed by atoms with Crippen LogP contribution < -0.4 is 15.2 Å². The number of halogens is 1. The van der Waals surface area contributed by atoms with Gasteiger partial charge in [-0.15, -0.1) is 0 Å². The van der Waals surface area contributed by atoms with E-state index < -0.39 is 0 Å². The zero-order valence-corrected chi connectivity index (χ0v) is 11.8. The number of benzene rings is 2. The van der Waals surface area contributed by atoms with Crippen molar-refractivity contribution in [3.8, 4) is 23.3 Å². The number of nitrogens with zero attached hydrogens (tertiary/aromatic N) is 1. The monoisotopic (exact) mass is 318 g/mol. The van der Waals surface area contributed by atoms with Gasteiger partial charge in [0.15, 0.2) is 11.5 Å². The highest BCUT2D eigenvalue weighted by atomic mass is 79.9. The first-order valence-corrected chi connectivity index (χ1v) is 6.24. The van der Waals surface area contributed by atoms with Crippen molar-refractivity contribution in [2.24, 2.45) is 0 Å². The van der Waals surface area contributed by atoms with Crippen LogP contribution >= 0.6 is 15.9 Å². The first-order valence-electron chi connectivity index (χ1n) is 5.45. The van der Waals surface area contributed by atoms with Crippen molar-refractivity contribution in [3.05, 3.63) is 46.4 Å². The second-order valence-corrected chi connectivity index (χ2v) is 4.68. The zero-order chi connectivity index (χ0) is 13.8. The molecule has 0 bridgehead atoms. The third-order valence-corrected chi connectivity index (χ3v) is 2.96. The summed E-state index contributed by atoms with van der Waals surface area (Å²) in [6.45, 7) is 0. The molecule has 0 atom stereocenters. The molecule has 0 heterocycles. The normalized spacial score (nSPS) is 9.74. The fraction of sp³-hybridized carbons (Fsp3) is 0.0714. The molecule has 5 heteroatoms. The lowest BCUT2D eigenvalue weighted by atomic mass is 10.2. The lowest BCUT2D eigenvalue weighted by molar-refractivity contribution is 0.378. The van der Waals surface area contributed by atoms with Crippen LogP contribution in [0.3, 0.4) is 0 Å². The first kappa shape index (κ1) is 13.2. The van der Waals surface area contributed by atoms with Gasteiger partial charge in [0.2, 0.25) is 0 Å². The molecule has 0 fully saturated rings. The van der Waals surface area contributed by atoms with Crippen LogP contribution in [0.25, 0.3) is 0 Å². The molecule has 0 amide bonds. The van der Waals surface area contributed by atoms with Gasteiger partial charge >= 0.3 is 0 Å². The van der Waals surface area contributed by atoms with Crippen molar-refractivity contribution in [1.82, 2.24) is 0 Å². The largest absolute Gasteiger partial charge is 0.493 e. The maximum absolute atomic E-state index is 9.10. The summed E-state index contributed by atoms with van der Waals surface area (Å²) in [4.78, 5) is 0. The van der Waals surface area contributed by atoms with Gasteiger partial charge in [-0.3, -0.25) is 0 Å². The number of nitrogen functional groups attached to an aromatic ring is 1. The van der Waals surface area contributed by atoms with Crippen molar-refractivity contribution in [3.63, 3.8) is 0 Å². The Morgan fingerprint density at radius 2 is 1.84 bits per heavy atom. The maximum atomic E-state index is 9.10. The molecule has 2 aromatic carbocycles. The minimum atomic E-state index is 0.429. The van der Waals surface area contributed by atoms with E-state index in [1.165, 1.54) is 0 Å². The van der Waals surface area contributed by atoms with Crippen LogP contribution in [0.15, 0.2) is 40.9 Å². The smallest absolute Gasteiger partial charge is 0.171 e. The Labute approximate surface area is 119 Å². The Morgan fingerprint density at radius 1 is 1.11 bits per heavy atom. The van der Waals surface area contributed by atoms with Crippen LogP contribution in [-0.4, -0.2) is 7.11 Å². The van der Waals surface area contributed by atoms with Gasteiger partial charge in [0.25, 0.3) is 0 Å². The van der Waals surface area contributed by atoms with E-state index in [0.29, 0.717) is 28.5 Å². The number of rotatable bonds is 3. The Morgan fingerprint density at radius 3 is 2.53 bits per heavy atom. The quantitative estimate of drug-likeness (QED) is 0.876. The molecule has 0 aliphatic heterocycles. The Balaban J connectivity index is 2.41. The van der Waals surface area contributed by atoms with Crippen LogP contribution in [0.2, 0.25) is 0 Å². The zero-order valence-electron chi connectivity index (χ0n) is 10.2. The second kappa shape index (κ2) is 5.63. The minimum absolute atomic E-state index is 0.429. The van der Waals surface area contributed by atoms with Gasteiger partial charge in [0.05, 0.1) is 12.7 Å². The SMILES string of the molecule is COc1ccc(N)cc1Oc1ccc(Br)cc1C#N. The van der Waals surface area contributed by atoms with Crippen LogP contribution in [0.1, 0.15) is 5.56 Å². The minimum Gasteiger partial charge on any atom is -0.493 e. The second-order valence-electron chi connectivity index (χ2n) is 3.76. The third kappa shape index (κ3) is 2.98. The lowest BCUT2D eigenvalue weighted by Crippen LogP contribution is -1.94. The topological polar surface area (TPSA) is 68.3 Å². The van der Waals surface area contributed by atoms with E-state index in [9.17, 15) is 0 Å². The van der Waals surface area contributed by atoms with E-state index in [0.717, 1.165) is 4.47 Å². The molecule has 0 spiro atoms. The summed E-state index contributed by atoms with van der Waals surface area (Å²) in [5, 5.41) is 9.10. The molecule has 0 unspecified atom stereocenters. The summed E-state index contributed by atoms with van der Waals surface area (Å²) in [7, 11) is 1.55. The van der Waals surface area contributed by atoms with E-state index in [1.54, 1.807) is 43.5 Å². The molecular formula is C14H11BrN2O2. The van der Waals surface area contributed by atoms with Crippen molar-refractivity contribution < 1.29 is 9.47 Å². The van der Waals surface area contributed by atoms with Crippen LogP contribution in [-0.2, 0) is 0 Å². The third-order valence-electron chi connectivity index (χ3n) is 2.47. The summed E-state index contributed by atoms with van der Waals surface area (Å²) in [5.41, 5.74) is 6.71. The van der Waals surface area contributed by atoms with Gasteiger partial charge in [-0.1, -0.05) is 15.9 Å². The average molecular weight is 319 g/mol. The van der Waals surface area contributed by atoms with Crippen LogP contribution in [0.4, 0.5) is 5.69 Å². The number of methoxy groups -OCH3 is 1. The molecule has 4 nitrogen and oxygen atoms in total. The highest BCUT2D eigenvalue weighted by molar-refractivity contribution is 9.10. The summed E-state index contributed by atoms with van der Waals surface area (Å²) in [6.07, 6.45) is 0. The van der Waals surface area contributed by atoms with Gasteiger partial charge < -0.3 is 15.2 Å². The van der Waals surface area contributed by atoms with E-state index in [2.05, 4.69) is 22.0 Å². The van der Waals surface area contributed by atoms with E-state index in [1.807, 2.05) is 0 Å². The molecule has 0 radical (unpaired) electrons. The predicted octanol–water partition coefficient (Wildman–Crippen LogP) is 3.70. The van der Waals surface area contributed by atoms with Gasteiger partial charge in [0, 0.05) is 16.2 Å². The van der Waals surface area contributed by atoms with Crippen molar-refractivity contribution in [1.29, 1.82) is 5.26 Å². The lowest BCUT2D eigenvalue weighted by Gasteiger charge is -2.12. The fourth-order valence-corrected chi connectivity index (χ4v) is 1.93. The van der Waals surface area contributed by atoms with Gasteiger partial charge in [0.1, 0.15) is 11.8 Å². The Kier molecular flexibility index (Phi) is 3.93. The molecule has 96 valence electrons. The molecule has 0 saturated carbocycles. The van der Waals surface area contributed by atoms with Crippen molar-refractivity contribution in [2.75, 3.05) is 12.8 Å². The number of nitriles is 1. The molecule has 2 N–H and O–H groups in total. The number of hydrogen-bond donors (Lipinski definition) is 1. The van der Waals surface area contributed by atoms with Crippen LogP contribution in [0.5, 0.6) is 17.2 Å². The molecule has 0 saturated heterocycles. The fourth-order valence-electron chi connectivity index (χ4n) is 1.57. The summed E-state index contributed by atoms with van der Waals surface area (Å²) in [5.74, 6) is 1.48. The highest BCUT2D eigenvalue weighted by Gasteiger charge is 2.10. The van der Waals surface area contributed by atoms with E-state index in [-0.39, 0.29) is 0 Å². The summed E-state index contributed by atoms with van der Waals surface area (Å²) in [6, 6.07) is 12.4. The maximum Gasteiger partial charge on any atom is 0.171 e. The average Bonchev–Trinajstić information content (AvgIpc) is 2.41. The number of hydrogen-bond acceptors (Lipinski definition) is 4. The van der Waals surface area contributed by atoms with Gasteiger partial charge in [-0.05, 0) is 30.3 Å². The number of ether oxygens (including phenoxy) is 2. The molecular weight excluding hydrogens is 308 g/mol. The summed E-state index contributed by atoms with van der Waals surface area (Å²) < 4.78 is 11.7.